The van der Waals surface area contributed by atoms with Crippen molar-refractivity contribution < 1.29 is 17.6 Å². The molecule has 2 aromatic carbocycles. The fraction of sp³-hybridized carbons (Fsp3) is 0.278. The van der Waals surface area contributed by atoms with Gasteiger partial charge in [-0.1, -0.05) is 12.1 Å². The first kappa shape index (κ1) is 19.7. The molecule has 0 aromatic heterocycles. The number of nitrogens with one attached hydrogen (secondary N) is 3. The molecule has 26 heavy (non-hydrogen) atoms. The first-order chi connectivity index (χ1) is 12.1. The fourth-order valence-electron chi connectivity index (χ4n) is 2.34. The molecule has 3 N–H and O–H groups in total. The lowest BCUT2D eigenvalue weighted by Gasteiger charge is -2.19. The van der Waals surface area contributed by atoms with Crippen molar-refractivity contribution in [3.8, 4) is 0 Å². The van der Waals surface area contributed by atoms with Crippen LogP contribution in [0.25, 0.3) is 0 Å². The van der Waals surface area contributed by atoms with Crippen molar-refractivity contribution in [1.82, 2.24) is 5.32 Å². The summed E-state index contributed by atoms with van der Waals surface area (Å²) in [5, 5.41) is 5.91. The van der Waals surface area contributed by atoms with Crippen molar-refractivity contribution in [2.45, 2.75) is 25.9 Å². The van der Waals surface area contributed by atoms with Gasteiger partial charge in [-0.3, -0.25) is 9.52 Å². The molecule has 2 aromatic rings. The smallest absolute Gasteiger partial charge is 0.242 e. The third-order valence-corrected chi connectivity index (χ3v) is 4.30. The highest BCUT2D eigenvalue weighted by atomic mass is 32.2. The Bertz CT molecular complexity index is 852. The first-order valence-electron chi connectivity index (χ1n) is 8.04. The second kappa shape index (κ2) is 8.18. The normalized spacial score (nSPS) is 13.5. The lowest BCUT2D eigenvalue weighted by Crippen LogP contribution is -2.38. The summed E-state index contributed by atoms with van der Waals surface area (Å²) in [5.74, 6) is -0.531. The van der Waals surface area contributed by atoms with Gasteiger partial charge in [0, 0.05) is 11.4 Å². The van der Waals surface area contributed by atoms with Crippen LogP contribution in [0, 0.1) is 5.82 Å². The highest BCUT2D eigenvalue weighted by molar-refractivity contribution is 7.92. The van der Waals surface area contributed by atoms with Gasteiger partial charge in [0.05, 0.1) is 12.3 Å². The van der Waals surface area contributed by atoms with Crippen LogP contribution in [-0.4, -0.2) is 26.6 Å². The second-order valence-electron chi connectivity index (χ2n) is 6.10. The maximum absolute atomic E-state index is 13.0. The number of sulfonamides is 1. The molecule has 0 saturated carbocycles. The number of halogens is 1. The summed E-state index contributed by atoms with van der Waals surface area (Å²) in [6.45, 7) is 3.54. The van der Waals surface area contributed by atoms with E-state index in [4.69, 9.17) is 0 Å². The Morgan fingerprint density at radius 2 is 1.50 bits per heavy atom. The van der Waals surface area contributed by atoms with Crippen LogP contribution in [0.15, 0.2) is 48.5 Å². The van der Waals surface area contributed by atoms with Gasteiger partial charge in [0.15, 0.2) is 0 Å². The minimum atomic E-state index is -3.33. The predicted octanol–water partition coefficient (Wildman–Crippen LogP) is 2.88. The van der Waals surface area contributed by atoms with E-state index in [2.05, 4.69) is 15.4 Å². The molecule has 0 fully saturated rings. The van der Waals surface area contributed by atoms with E-state index in [1.54, 1.807) is 43.3 Å². The predicted molar refractivity (Wildman–Crippen MR) is 101 cm³/mol. The van der Waals surface area contributed by atoms with Gasteiger partial charge in [-0.25, -0.2) is 12.8 Å². The minimum Gasteiger partial charge on any atom is -0.374 e. The number of hydrogen-bond acceptors (Lipinski definition) is 4. The molecule has 0 spiro atoms. The molecule has 8 heteroatoms. The number of anilines is 2. The van der Waals surface area contributed by atoms with Crippen molar-refractivity contribution in [1.29, 1.82) is 0 Å². The molecule has 1 amide bonds. The standard InChI is InChI=1S/C18H22FN3O3S/c1-12(14-4-6-15(19)7-5-14)21-18(23)13(2)20-16-8-10-17(11-9-16)22-26(3,24)25/h4-13,20,22H,1-3H3,(H,21,23)/t12-,13-/m0/s1. The molecule has 0 aliphatic carbocycles. The summed E-state index contributed by atoms with van der Waals surface area (Å²) < 4.78 is 37.7. The molecular formula is C18H22FN3O3S. The number of carbonyl (C=O) groups is 1. The quantitative estimate of drug-likeness (QED) is 0.690. The molecule has 0 aliphatic heterocycles. The monoisotopic (exact) mass is 379 g/mol. The molecule has 6 nitrogen and oxygen atoms in total. The van der Waals surface area contributed by atoms with Crippen LogP contribution >= 0.6 is 0 Å². The number of carbonyl (C=O) groups excluding carboxylic acids is 1. The van der Waals surface area contributed by atoms with Crippen LogP contribution < -0.4 is 15.4 Å². The van der Waals surface area contributed by atoms with Gasteiger partial charge in [0.2, 0.25) is 15.9 Å². The Labute approximate surface area is 152 Å². The zero-order valence-corrected chi connectivity index (χ0v) is 15.6. The Hall–Kier alpha value is -2.61. The molecule has 2 atom stereocenters. The van der Waals surface area contributed by atoms with Crippen LogP contribution in [0.5, 0.6) is 0 Å². The average molecular weight is 379 g/mol. The van der Waals surface area contributed by atoms with E-state index in [0.717, 1.165) is 11.8 Å². The Morgan fingerprint density at radius 3 is 2.04 bits per heavy atom. The van der Waals surface area contributed by atoms with E-state index in [-0.39, 0.29) is 17.8 Å². The van der Waals surface area contributed by atoms with E-state index in [1.807, 2.05) is 6.92 Å². The highest BCUT2D eigenvalue weighted by Gasteiger charge is 2.16. The van der Waals surface area contributed by atoms with Gasteiger partial charge in [-0.15, -0.1) is 0 Å². The lowest BCUT2D eigenvalue weighted by molar-refractivity contribution is -0.122. The van der Waals surface area contributed by atoms with Gasteiger partial charge < -0.3 is 10.6 Å². The van der Waals surface area contributed by atoms with Gasteiger partial charge in [-0.05, 0) is 55.8 Å². The highest BCUT2D eigenvalue weighted by Crippen LogP contribution is 2.16. The number of rotatable bonds is 7. The maximum Gasteiger partial charge on any atom is 0.242 e. The molecule has 0 radical (unpaired) electrons. The van der Waals surface area contributed by atoms with Gasteiger partial charge >= 0.3 is 0 Å². The zero-order chi connectivity index (χ0) is 19.3. The maximum atomic E-state index is 13.0. The van der Waals surface area contributed by atoms with Gasteiger partial charge in [0.1, 0.15) is 11.9 Å². The molecule has 0 unspecified atom stereocenters. The molecule has 0 aliphatic rings. The van der Waals surface area contributed by atoms with Crippen LogP contribution in [0.2, 0.25) is 0 Å². The van der Waals surface area contributed by atoms with Crippen molar-refractivity contribution in [2.75, 3.05) is 16.3 Å². The third kappa shape index (κ3) is 6.03. The Balaban J connectivity index is 1.93. The number of hydrogen-bond donors (Lipinski definition) is 3. The number of benzene rings is 2. The van der Waals surface area contributed by atoms with Crippen molar-refractivity contribution in [3.05, 3.63) is 59.9 Å². The van der Waals surface area contributed by atoms with E-state index >= 15 is 0 Å². The van der Waals surface area contributed by atoms with Crippen molar-refractivity contribution >= 4 is 27.3 Å². The summed E-state index contributed by atoms with van der Waals surface area (Å²) in [5.41, 5.74) is 1.93. The van der Waals surface area contributed by atoms with Gasteiger partial charge in [-0.2, -0.15) is 0 Å². The molecule has 0 bridgehead atoms. The summed E-state index contributed by atoms with van der Waals surface area (Å²) in [4.78, 5) is 12.3. The van der Waals surface area contributed by atoms with Crippen molar-refractivity contribution in [2.24, 2.45) is 0 Å². The van der Waals surface area contributed by atoms with Crippen LogP contribution in [0.1, 0.15) is 25.5 Å². The van der Waals surface area contributed by atoms with Crippen LogP contribution in [0.3, 0.4) is 0 Å². The number of amides is 1. The van der Waals surface area contributed by atoms with Crippen LogP contribution in [-0.2, 0) is 14.8 Å². The largest absolute Gasteiger partial charge is 0.374 e. The molecule has 2 rings (SSSR count). The molecular weight excluding hydrogens is 357 g/mol. The zero-order valence-electron chi connectivity index (χ0n) is 14.8. The fourth-order valence-corrected chi connectivity index (χ4v) is 2.90. The SMILES string of the molecule is C[C@H](Nc1ccc(NS(C)(=O)=O)cc1)C(=O)N[C@@H](C)c1ccc(F)cc1. The van der Waals surface area contributed by atoms with Gasteiger partial charge in [0.25, 0.3) is 0 Å². The van der Waals surface area contributed by atoms with E-state index in [9.17, 15) is 17.6 Å². The molecule has 0 saturated heterocycles. The minimum absolute atomic E-state index is 0.208. The Morgan fingerprint density at radius 1 is 0.962 bits per heavy atom. The van der Waals surface area contributed by atoms with E-state index in [0.29, 0.717) is 11.4 Å². The third-order valence-electron chi connectivity index (χ3n) is 3.69. The van der Waals surface area contributed by atoms with Crippen molar-refractivity contribution in [3.63, 3.8) is 0 Å². The van der Waals surface area contributed by atoms with E-state index < -0.39 is 16.1 Å². The second-order valence-corrected chi connectivity index (χ2v) is 7.85. The summed E-state index contributed by atoms with van der Waals surface area (Å²) in [6.07, 6.45) is 1.08. The molecule has 140 valence electrons. The van der Waals surface area contributed by atoms with E-state index in [1.165, 1.54) is 12.1 Å². The topological polar surface area (TPSA) is 87.3 Å². The lowest BCUT2D eigenvalue weighted by atomic mass is 10.1. The summed E-state index contributed by atoms with van der Waals surface area (Å²) >= 11 is 0. The summed E-state index contributed by atoms with van der Waals surface area (Å²) in [6, 6.07) is 11.8. The summed E-state index contributed by atoms with van der Waals surface area (Å²) in [7, 11) is -3.33. The Kier molecular flexibility index (Phi) is 6.20. The first-order valence-corrected chi connectivity index (χ1v) is 9.93. The van der Waals surface area contributed by atoms with Crippen LogP contribution in [0.4, 0.5) is 15.8 Å². The molecule has 0 heterocycles. The average Bonchev–Trinajstić information content (AvgIpc) is 2.55.